The van der Waals surface area contributed by atoms with E-state index in [1.807, 2.05) is 31.0 Å². The lowest BCUT2D eigenvalue weighted by atomic mass is 10.0. The zero-order valence-electron chi connectivity index (χ0n) is 15.3. The molecule has 0 aliphatic carbocycles. The van der Waals surface area contributed by atoms with Crippen molar-refractivity contribution < 1.29 is 0 Å². The SMILES string of the molecule is CN=C(NCCCCN1CCCC(C)C1)NCc1ccnn1C.I. The summed E-state index contributed by atoms with van der Waals surface area (Å²) in [5, 5.41) is 10.9. The van der Waals surface area contributed by atoms with Gasteiger partial charge < -0.3 is 15.5 Å². The molecule has 138 valence electrons. The standard InChI is InChI=1S/C17H32N6.HI/c1-15-7-6-12-23(14-15)11-5-4-9-19-17(18-2)20-13-16-8-10-21-22(16)3;/h8,10,15H,4-7,9,11-14H2,1-3H3,(H2,18,19,20);1H. The molecule has 2 rings (SSSR count). The van der Waals surface area contributed by atoms with Gasteiger partial charge in [0, 0.05) is 33.4 Å². The van der Waals surface area contributed by atoms with Crippen LogP contribution < -0.4 is 10.6 Å². The number of aryl methyl sites for hydroxylation is 1. The predicted octanol–water partition coefficient (Wildman–Crippen LogP) is 2.22. The van der Waals surface area contributed by atoms with E-state index in [-0.39, 0.29) is 24.0 Å². The lowest BCUT2D eigenvalue weighted by molar-refractivity contribution is 0.181. The van der Waals surface area contributed by atoms with Gasteiger partial charge in [0.2, 0.25) is 0 Å². The Kier molecular flexibility index (Phi) is 10.3. The molecule has 6 nitrogen and oxygen atoms in total. The van der Waals surface area contributed by atoms with Crippen LogP contribution >= 0.6 is 24.0 Å². The Morgan fingerprint density at radius 2 is 2.21 bits per heavy atom. The van der Waals surface area contributed by atoms with E-state index in [1.165, 1.54) is 45.3 Å². The van der Waals surface area contributed by atoms with Gasteiger partial charge in [0.1, 0.15) is 0 Å². The molecule has 0 radical (unpaired) electrons. The van der Waals surface area contributed by atoms with Crippen molar-refractivity contribution in [3.63, 3.8) is 0 Å². The number of guanidine groups is 1. The number of hydrogen-bond donors (Lipinski definition) is 2. The van der Waals surface area contributed by atoms with Crippen molar-refractivity contribution in [3.8, 4) is 0 Å². The summed E-state index contributed by atoms with van der Waals surface area (Å²) in [6.45, 7) is 7.86. The van der Waals surface area contributed by atoms with Crippen LogP contribution in [-0.4, -0.2) is 53.9 Å². The molecule has 2 N–H and O–H groups in total. The van der Waals surface area contributed by atoms with Crippen molar-refractivity contribution in [1.82, 2.24) is 25.3 Å². The molecule has 24 heavy (non-hydrogen) atoms. The van der Waals surface area contributed by atoms with Gasteiger partial charge >= 0.3 is 0 Å². The fraction of sp³-hybridized carbons (Fsp3) is 0.765. The lowest BCUT2D eigenvalue weighted by Gasteiger charge is -2.30. The van der Waals surface area contributed by atoms with Crippen LogP contribution in [0.5, 0.6) is 0 Å². The molecule has 0 spiro atoms. The summed E-state index contributed by atoms with van der Waals surface area (Å²) in [7, 11) is 3.77. The molecule has 1 aromatic rings. The molecular formula is C17H33IN6. The van der Waals surface area contributed by atoms with Gasteiger partial charge in [-0.3, -0.25) is 9.67 Å². The van der Waals surface area contributed by atoms with E-state index in [0.717, 1.165) is 30.7 Å². The summed E-state index contributed by atoms with van der Waals surface area (Å²) in [5.41, 5.74) is 1.15. The molecule has 1 saturated heterocycles. The first-order chi connectivity index (χ1) is 11.2. The largest absolute Gasteiger partial charge is 0.356 e. The third-order valence-corrected chi connectivity index (χ3v) is 4.52. The number of aliphatic imine (C=N–C) groups is 1. The van der Waals surface area contributed by atoms with Gasteiger partial charge in [-0.2, -0.15) is 5.10 Å². The van der Waals surface area contributed by atoms with Crippen molar-refractivity contribution >= 4 is 29.9 Å². The Morgan fingerprint density at radius 1 is 1.38 bits per heavy atom. The van der Waals surface area contributed by atoms with Crippen LogP contribution in [0.2, 0.25) is 0 Å². The molecule has 2 heterocycles. The van der Waals surface area contributed by atoms with Crippen LogP contribution in [0, 0.1) is 5.92 Å². The van der Waals surface area contributed by atoms with E-state index in [4.69, 9.17) is 0 Å². The Morgan fingerprint density at radius 3 is 2.88 bits per heavy atom. The van der Waals surface area contributed by atoms with Crippen LogP contribution in [0.3, 0.4) is 0 Å². The highest BCUT2D eigenvalue weighted by Crippen LogP contribution is 2.15. The third kappa shape index (κ3) is 7.38. The number of nitrogens with one attached hydrogen (secondary N) is 2. The number of rotatable bonds is 7. The molecule has 0 saturated carbocycles. The smallest absolute Gasteiger partial charge is 0.191 e. The average Bonchev–Trinajstić information content (AvgIpc) is 2.95. The van der Waals surface area contributed by atoms with Gasteiger partial charge in [-0.1, -0.05) is 6.92 Å². The van der Waals surface area contributed by atoms with Gasteiger partial charge in [-0.05, 0) is 50.8 Å². The van der Waals surface area contributed by atoms with Crippen molar-refractivity contribution in [3.05, 3.63) is 18.0 Å². The zero-order valence-corrected chi connectivity index (χ0v) is 17.6. The molecule has 1 aliphatic rings. The first kappa shape index (κ1) is 21.2. The number of likely N-dealkylation sites (tertiary alicyclic amines) is 1. The van der Waals surface area contributed by atoms with Crippen molar-refractivity contribution in [2.24, 2.45) is 18.0 Å². The first-order valence-corrected chi connectivity index (χ1v) is 8.83. The topological polar surface area (TPSA) is 57.5 Å². The monoisotopic (exact) mass is 448 g/mol. The number of piperidine rings is 1. The summed E-state index contributed by atoms with van der Waals surface area (Å²) in [6, 6.07) is 2.01. The second-order valence-electron chi connectivity index (χ2n) is 6.55. The normalized spacial score (nSPS) is 19.0. The summed E-state index contributed by atoms with van der Waals surface area (Å²) in [4.78, 5) is 6.88. The Bertz CT molecular complexity index is 487. The highest BCUT2D eigenvalue weighted by Gasteiger charge is 2.15. The highest BCUT2D eigenvalue weighted by atomic mass is 127. The summed E-state index contributed by atoms with van der Waals surface area (Å²) in [5.74, 6) is 1.73. The van der Waals surface area contributed by atoms with Crippen molar-refractivity contribution in [2.75, 3.05) is 33.2 Å². The predicted molar refractivity (Wildman–Crippen MR) is 111 cm³/mol. The van der Waals surface area contributed by atoms with E-state index in [1.54, 1.807) is 0 Å². The minimum absolute atomic E-state index is 0. The van der Waals surface area contributed by atoms with Gasteiger partial charge in [0.05, 0.1) is 12.2 Å². The molecule has 1 aromatic heterocycles. The zero-order chi connectivity index (χ0) is 16.5. The molecule has 1 unspecified atom stereocenters. The number of unbranched alkanes of at least 4 members (excludes halogenated alkanes) is 1. The quantitative estimate of drug-likeness (QED) is 0.291. The number of aromatic nitrogens is 2. The Labute approximate surface area is 163 Å². The van der Waals surface area contributed by atoms with Crippen LogP contribution in [0.25, 0.3) is 0 Å². The number of nitrogens with zero attached hydrogens (tertiary/aromatic N) is 4. The maximum absolute atomic E-state index is 4.27. The molecule has 1 aliphatic heterocycles. The van der Waals surface area contributed by atoms with Crippen LogP contribution in [0.15, 0.2) is 17.3 Å². The molecule has 0 bridgehead atoms. The summed E-state index contributed by atoms with van der Waals surface area (Å²) < 4.78 is 1.87. The second kappa shape index (κ2) is 11.7. The van der Waals surface area contributed by atoms with E-state index >= 15 is 0 Å². The maximum atomic E-state index is 4.27. The fourth-order valence-corrected chi connectivity index (χ4v) is 3.13. The highest BCUT2D eigenvalue weighted by molar-refractivity contribution is 14.0. The molecule has 1 fully saturated rings. The summed E-state index contributed by atoms with van der Waals surface area (Å²) in [6.07, 6.45) is 7.01. The van der Waals surface area contributed by atoms with E-state index in [9.17, 15) is 0 Å². The van der Waals surface area contributed by atoms with Gasteiger partial charge in [0.25, 0.3) is 0 Å². The Balaban J connectivity index is 0.00000288. The molecule has 7 heteroatoms. The van der Waals surface area contributed by atoms with Gasteiger partial charge in [0.15, 0.2) is 5.96 Å². The molecule has 1 atom stereocenters. The second-order valence-corrected chi connectivity index (χ2v) is 6.55. The van der Waals surface area contributed by atoms with E-state index < -0.39 is 0 Å². The number of hydrogen-bond acceptors (Lipinski definition) is 3. The minimum atomic E-state index is 0. The van der Waals surface area contributed by atoms with E-state index in [0.29, 0.717) is 0 Å². The number of halogens is 1. The molecule has 0 aromatic carbocycles. The molecule has 0 amide bonds. The van der Waals surface area contributed by atoms with Crippen LogP contribution in [-0.2, 0) is 13.6 Å². The van der Waals surface area contributed by atoms with Crippen molar-refractivity contribution in [2.45, 2.75) is 39.2 Å². The summed E-state index contributed by atoms with van der Waals surface area (Å²) >= 11 is 0. The lowest BCUT2D eigenvalue weighted by Crippen LogP contribution is -2.38. The maximum Gasteiger partial charge on any atom is 0.191 e. The van der Waals surface area contributed by atoms with Crippen LogP contribution in [0.1, 0.15) is 38.3 Å². The first-order valence-electron chi connectivity index (χ1n) is 8.83. The van der Waals surface area contributed by atoms with Gasteiger partial charge in [-0.15, -0.1) is 24.0 Å². The minimum Gasteiger partial charge on any atom is -0.356 e. The van der Waals surface area contributed by atoms with Crippen molar-refractivity contribution in [1.29, 1.82) is 0 Å². The van der Waals surface area contributed by atoms with Gasteiger partial charge in [-0.25, -0.2) is 0 Å². The Hall–Kier alpha value is -0.830. The third-order valence-electron chi connectivity index (χ3n) is 4.52. The van der Waals surface area contributed by atoms with Crippen LogP contribution in [0.4, 0.5) is 0 Å². The van der Waals surface area contributed by atoms with E-state index in [2.05, 4.69) is 32.5 Å². The molecular weight excluding hydrogens is 415 g/mol. The average molecular weight is 448 g/mol. The fourth-order valence-electron chi connectivity index (χ4n) is 3.13.